The highest BCUT2D eigenvalue weighted by Crippen LogP contribution is 2.26. The van der Waals surface area contributed by atoms with Crippen LogP contribution < -0.4 is 0 Å². The zero-order valence-electron chi connectivity index (χ0n) is 9.62. The van der Waals surface area contributed by atoms with E-state index in [2.05, 4.69) is 4.98 Å². The van der Waals surface area contributed by atoms with Crippen molar-refractivity contribution >= 4 is 28.5 Å². The highest BCUT2D eigenvalue weighted by Gasteiger charge is 2.09. The van der Waals surface area contributed by atoms with E-state index >= 15 is 0 Å². The van der Waals surface area contributed by atoms with Crippen molar-refractivity contribution in [3.05, 3.63) is 40.0 Å². The normalized spacial score (nSPS) is 10.8. The van der Waals surface area contributed by atoms with E-state index < -0.39 is 5.97 Å². The van der Waals surface area contributed by atoms with Crippen LogP contribution >= 0.6 is 11.6 Å². The van der Waals surface area contributed by atoms with E-state index in [4.69, 9.17) is 16.7 Å². The van der Waals surface area contributed by atoms with Crippen LogP contribution in [0.5, 0.6) is 0 Å². The Morgan fingerprint density at radius 3 is 2.76 bits per heavy atom. The molecule has 0 spiro atoms. The molecule has 0 bridgehead atoms. The van der Waals surface area contributed by atoms with Crippen molar-refractivity contribution in [2.75, 3.05) is 0 Å². The number of carboxylic acids is 1. The average Bonchev–Trinajstić information content (AvgIpc) is 2.23. The molecule has 0 unspecified atom stereocenters. The summed E-state index contributed by atoms with van der Waals surface area (Å²) in [5.74, 6) is -0.879. The average molecular weight is 250 g/mol. The molecule has 0 fully saturated rings. The minimum Gasteiger partial charge on any atom is -0.481 e. The Balaban J connectivity index is 2.70. The number of aromatic nitrogens is 1. The topological polar surface area (TPSA) is 50.2 Å². The molecule has 1 aromatic carbocycles. The first kappa shape index (κ1) is 11.9. The van der Waals surface area contributed by atoms with Crippen LogP contribution in [0, 0.1) is 13.8 Å². The van der Waals surface area contributed by atoms with Gasteiger partial charge in [0.2, 0.25) is 0 Å². The SMILES string of the molecule is Cc1cc(CC(=O)O)nc2c(C)c(Cl)ccc12. The van der Waals surface area contributed by atoms with Gasteiger partial charge in [0.1, 0.15) is 0 Å². The van der Waals surface area contributed by atoms with Crippen molar-refractivity contribution in [3.8, 4) is 0 Å². The van der Waals surface area contributed by atoms with Crippen molar-refractivity contribution in [3.63, 3.8) is 0 Å². The molecule has 0 saturated carbocycles. The Labute approximate surface area is 104 Å². The number of halogens is 1. The number of hydrogen-bond acceptors (Lipinski definition) is 2. The van der Waals surface area contributed by atoms with Gasteiger partial charge < -0.3 is 5.11 Å². The van der Waals surface area contributed by atoms with Crippen LogP contribution in [0.2, 0.25) is 5.02 Å². The summed E-state index contributed by atoms with van der Waals surface area (Å²) in [5.41, 5.74) is 3.26. The molecular weight excluding hydrogens is 238 g/mol. The predicted octanol–water partition coefficient (Wildman–Crippen LogP) is 3.13. The lowest BCUT2D eigenvalue weighted by Crippen LogP contribution is -2.03. The minimum absolute atomic E-state index is 0.0667. The fourth-order valence-corrected chi connectivity index (χ4v) is 2.04. The summed E-state index contributed by atoms with van der Waals surface area (Å²) in [7, 11) is 0. The van der Waals surface area contributed by atoms with E-state index in [1.54, 1.807) is 0 Å². The molecule has 3 nitrogen and oxygen atoms in total. The molecule has 2 rings (SSSR count). The van der Waals surface area contributed by atoms with Gasteiger partial charge in [-0.3, -0.25) is 9.78 Å². The van der Waals surface area contributed by atoms with Crippen LogP contribution in [-0.4, -0.2) is 16.1 Å². The number of aryl methyl sites for hydroxylation is 2. The number of aliphatic carboxylic acids is 1. The van der Waals surface area contributed by atoms with Crippen LogP contribution in [-0.2, 0) is 11.2 Å². The highest BCUT2D eigenvalue weighted by atomic mass is 35.5. The molecule has 88 valence electrons. The summed E-state index contributed by atoms with van der Waals surface area (Å²) in [6, 6.07) is 5.56. The third kappa shape index (κ3) is 2.24. The number of nitrogens with zero attached hydrogens (tertiary/aromatic N) is 1. The number of benzene rings is 1. The number of rotatable bonds is 2. The monoisotopic (exact) mass is 249 g/mol. The maximum absolute atomic E-state index is 10.7. The van der Waals surface area contributed by atoms with Crippen molar-refractivity contribution in [2.45, 2.75) is 20.3 Å². The third-order valence-electron chi connectivity index (χ3n) is 2.76. The van der Waals surface area contributed by atoms with E-state index in [9.17, 15) is 4.79 Å². The lowest BCUT2D eigenvalue weighted by molar-refractivity contribution is -0.136. The summed E-state index contributed by atoms with van der Waals surface area (Å²) in [6.45, 7) is 3.84. The van der Waals surface area contributed by atoms with Crippen molar-refractivity contribution in [1.29, 1.82) is 0 Å². The first-order valence-corrected chi connectivity index (χ1v) is 5.64. The number of carboxylic acid groups (broad SMARTS) is 1. The molecule has 4 heteroatoms. The second-order valence-electron chi connectivity index (χ2n) is 4.07. The van der Waals surface area contributed by atoms with Gasteiger partial charge in [0.25, 0.3) is 0 Å². The van der Waals surface area contributed by atoms with Gasteiger partial charge in [-0.05, 0) is 37.1 Å². The van der Waals surface area contributed by atoms with E-state index in [-0.39, 0.29) is 6.42 Å². The quantitative estimate of drug-likeness (QED) is 0.890. The molecular formula is C13H12ClNO2. The molecule has 0 aliphatic rings. The first-order chi connectivity index (χ1) is 7.99. The molecule has 0 atom stereocenters. The molecule has 1 N–H and O–H groups in total. The number of hydrogen-bond donors (Lipinski definition) is 1. The second kappa shape index (κ2) is 4.34. The molecule has 1 heterocycles. The Kier molecular flexibility index (Phi) is 3.03. The Bertz CT molecular complexity index is 608. The van der Waals surface area contributed by atoms with Gasteiger partial charge in [0.05, 0.1) is 17.6 Å². The zero-order valence-corrected chi connectivity index (χ0v) is 10.4. The van der Waals surface area contributed by atoms with Crippen LogP contribution in [0.1, 0.15) is 16.8 Å². The minimum atomic E-state index is -0.879. The molecule has 0 aliphatic heterocycles. The molecule has 0 aliphatic carbocycles. The van der Waals surface area contributed by atoms with Crippen LogP contribution in [0.15, 0.2) is 18.2 Å². The molecule has 0 saturated heterocycles. The maximum atomic E-state index is 10.7. The van der Waals surface area contributed by atoms with Crippen molar-refractivity contribution < 1.29 is 9.90 Å². The third-order valence-corrected chi connectivity index (χ3v) is 3.17. The summed E-state index contributed by atoms with van der Waals surface area (Å²) >= 11 is 6.04. The molecule has 0 amide bonds. The highest BCUT2D eigenvalue weighted by molar-refractivity contribution is 6.32. The molecule has 0 radical (unpaired) electrons. The summed E-state index contributed by atoms with van der Waals surface area (Å²) in [5, 5.41) is 10.5. The fraction of sp³-hybridized carbons (Fsp3) is 0.231. The molecule has 1 aromatic heterocycles. The lowest BCUT2D eigenvalue weighted by atomic mass is 10.0. The van der Waals surface area contributed by atoms with Crippen LogP contribution in [0.25, 0.3) is 10.9 Å². The van der Waals surface area contributed by atoms with Crippen LogP contribution in [0.4, 0.5) is 0 Å². The van der Waals surface area contributed by atoms with Gasteiger partial charge in [-0.2, -0.15) is 0 Å². The Morgan fingerprint density at radius 2 is 2.12 bits per heavy atom. The van der Waals surface area contributed by atoms with Gasteiger partial charge in [0, 0.05) is 10.4 Å². The first-order valence-electron chi connectivity index (χ1n) is 5.26. The smallest absolute Gasteiger partial charge is 0.309 e. The largest absolute Gasteiger partial charge is 0.481 e. The molecule has 17 heavy (non-hydrogen) atoms. The van der Waals surface area contributed by atoms with Gasteiger partial charge >= 0.3 is 5.97 Å². The van der Waals surface area contributed by atoms with Crippen LogP contribution in [0.3, 0.4) is 0 Å². The fourth-order valence-electron chi connectivity index (χ4n) is 1.89. The number of fused-ring (bicyclic) bond motifs is 1. The number of carbonyl (C=O) groups is 1. The van der Waals surface area contributed by atoms with Gasteiger partial charge in [-0.25, -0.2) is 0 Å². The Morgan fingerprint density at radius 1 is 1.41 bits per heavy atom. The van der Waals surface area contributed by atoms with E-state index in [1.165, 1.54) is 0 Å². The van der Waals surface area contributed by atoms with Crippen molar-refractivity contribution in [1.82, 2.24) is 4.98 Å². The molecule has 2 aromatic rings. The summed E-state index contributed by atoms with van der Waals surface area (Å²) in [4.78, 5) is 15.1. The predicted molar refractivity (Wildman–Crippen MR) is 67.6 cm³/mol. The van der Waals surface area contributed by atoms with Gasteiger partial charge in [0.15, 0.2) is 0 Å². The van der Waals surface area contributed by atoms with E-state index in [0.717, 1.165) is 22.0 Å². The number of pyridine rings is 1. The maximum Gasteiger partial charge on any atom is 0.309 e. The second-order valence-corrected chi connectivity index (χ2v) is 4.48. The summed E-state index contributed by atoms with van der Waals surface area (Å²) < 4.78 is 0. The Hall–Kier alpha value is -1.61. The summed E-state index contributed by atoms with van der Waals surface area (Å²) in [6.07, 6.45) is -0.0667. The van der Waals surface area contributed by atoms with E-state index in [1.807, 2.05) is 32.0 Å². The lowest BCUT2D eigenvalue weighted by Gasteiger charge is -2.08. The standard InChI is InChI=1S/C13H12ClNO2/c1-7-5-9(6-12(16)17)15-13-8(2)11(14)4-3-10(7)13/h3-5H,6H2,1-2H3,(H,16,17). The zero-order chi connectivity index (χ0) is 12.6. The van der Waals surface area contributed by atoms with Gasteiger partial charge in [-0.15, -0.1) is 0 Å². The van der Waals surface area contributed by atoms with E-state index in [0.29, 0.717) is 10.7 Å². The van der Waals surface area contributed by atoms with Crippen molar-refractivity contribution in [2.24, 2.45) is 0 Å². The van der Waals surface area contributed by atoms with Gasteiger partial charge in [-0.1, -0.05) is 17.7 Å².